The molecule has 0 radical (unpaired) electrons. The highest BCUT2D eigenvalue weighted by Crippen LogP contribution is 2.35. The molecule has 2 aliphatic carbocycles. The van der Waals surface area contributed by atoms with E-state index in [0.29, 0.717) is 0 Å². The summed E-state index contributed by atoms with van der Waals surface area (Å²) in [6, 6.07) is 0. The topological polar surface area (TPSA) is 0 Å². The minimum absolute atomic E-state index is 1.08. The van der Waals surface area contributed by atoms with E-state index >= 15 is 0 Å². The van der Waals surface area contributed by atoms with Crippen LogP contribution in [0.15, 0.2) is 0 Å². The van der Waals surface area contributed by atoms with E-state index < -0.39 is 0 Å². The van der Waals surface area contributed by atoms with Crippen LogP contribution in [0.1, 0.15) is 140 Å². The Balaban J connectivity index is -0.000000287. The van der Waals surface area contributed by atoms with Crippen LogP contribution < -0.4 is 0 Å². The van der Waals surface area contributed by atoms with Crippen LogP contribution in [-0.2, 0) is 0 Å². The van der Waals surface area contributed by atoms with Gasteiger partial charge in [0.1, 0.15) is 0 Å². The van der Waals surface area contributed by atoms with Crippen molar-refractivity contribution in [3.05, 3.63) is 0 Å². The molecule has 2 aliphatic rings. The summed E-state index contributed by atoms with van der Waals surface area (Å²) in [5, 5.41) is 0. The Morgan fingerprint density at radius 2 is 0.600 bits per heavy atom. The lowest BCUT2D eigenvalue weighted by molar-refractivity contribution is 0.471. The van der Waals surface area contributed by atoms with Crippen LogP contribution in [0.4, 0.5) is 0 Å². The fraction of sp³-hybridized carbons (Fsp3) is 1.00. The van der Waals surface area contributed by atoms with E-state index in [1.807, 2.05) is 27.7 Å². The quantitative estimate of drug-likeness (QED) is 0.470. The van der Waals surface area contributed by atoms with Crippen LogP contribution >= 0.6 is 0 Å². The van der Waals surface area contributed by atoms with E-state index in [9.17, 15) is 0 Å². The van der Waals surface area contributed by atoms with Crippen molar-refractivity contribution in [1.29, 1.82) is 0 Å². The van der Waals surface area contributed by atoms with E-state index in [4.69, 9.17) is 0 Å². The van der Waals surface area contributed by atoms with Crippen molar-refractivity contribution in [2.45, 2.75) is 140 Å². The standard InChI is InChI=1S/2C9H18.C3H8.2C2H6/c2*1-3-8-5-6-9(4-2)7-8;1-3-2;2*1-2/h2*8-9H,3-7H2,1-2H3;3H2,1-2H3;2*1-2H3. The summed E-state index contributed by atoms with van der Waals surface area (Å²) >= 11 is 0. The molecule has 0 saturated heterocycles. The van der Waals surface area contributed by atoms with Crippen LogP contribution in [-0.4, -0.2) is 0 Å². The Labute approximate surface area is 164 Å². The summed E-state index contributed by atoms with van der Waals surface area (Å²) in [4.78, 5) is 0. The second kappa shape index (κ2) is 24.0. The van der Waals surface area contributed by atoms with Crippen molar-refractivity contribution in [2.24, 2.45) is 23.7 Å². The van der Waals surface area contributed by atoms with Crippen LogP contribution in [0.3, 0.4) is 0 Å². The van der Waals surface area contributed by atoms with Crippen molar-refractivity contribution in [3.8, 4) is 0 Å². The molecular formula is C25H56. The lowest BCUT2D eigenvalue weighted by Crippen LogP contribution is -1.92. The van der Waals surface area contributed by atoms with Gasteiger partial charge in [-0.05, 0) is 36.5 Å². The maximum atomic E-state index is 2.32. The third kappa shape index (κ3) is 17.2. The Bertz CT molecular complexity index is 166. The first-order valence-corrected chi connectivity index (χ1v) is 12.1. The van der Waals surface area contributed by atoms with Gasteiger partial charge in [0.15, 0.2) is 0 Å². The molecule has 2 fully saturated rings. The van der Waals surface area contributed by atoms with Gasteiger partial charge in [-0.25, -0.2) is 0 Å². The van der Waals surface area contributed by atoms with E-state index in [1.165, 1.54) is 70.6 Å². The molecule has 4 atom stereocenters. The van der Waals surface area contributed by atoms with Crippen molar-refractivity contribution in [1.82, 2.24) is 0 Å². The Morgan fingerprint density at radius 1 is 0.440 bits per heavy atom. The molecule has 25 heavy (non-hydrogen) atoms. The Kier molecular flexibility index (Phi) is 28.6. The fourth-order valence-corrected chi connectivity index (χ4v) is 3.84. The molecule has 2 saturated carbocycles. The molecule has 0 N–H and O–H groups in total. The molecule has 2 rings (SSSR count). The van der Waals surface area contributed by atoms with Crippen LogP contribution in [0, 0.1) is 23.7 Å². The van der Waals surface area contributed by atoms with Crippen LogP contribution in [0.2, 0.25) is 0 Å². The summed E-state index contributed by atoms with van der Waals surface area (Å²) in [5.74, 6) is 4.31. The van der Waals surface area contributed by atoms with Gasteiger partial charge in [-0.3, -0.25) is 0 Å². The fourth-order valence-electron chi connectivity index (χ4n) is 3.84. The van der Waals surface area contributed by atoms with Gasteiger partial charge in [0.25, 0.3) is 0 Å². The zero-order chi connectivity index (χ0) is 20.1. The highest BCUT2D eigenvalue weighted by molar-refractivity contribution is 4.73. The highest BCUT2D eigenvalue weighted by Gasteiger charge is 2.21. The molecular weight excluding hydrogens is 300 g/mol. The van der Waals surface area contributed by atoms with E-state index in [0.717, 1.165) is 23.7 Å². The maximum Gasteiger partial charge on any atom is -0.0414 e. The van der Waals surface area contributed by atoms with Crippen molar-refractivity contribution in [2.75, 3.05) is 0 Å². The maximum absolute atomic E-state index is 2.32. The average molecular weight is 357 g/mol. The van der Waals surface area contributed by atoms with E-state index in [1.54, 1.807) is 0 Å². The predicted octanol–water partition coefficient (Wildman–Crippen LogP) is 9.91. The molecule has 0 bridgehead atoms. The number of rotatable bonds is 4. The van der Waals surface area contributed by atoms with Crippen molar-refractivity contribution < 1.29 is 0 Å². The Hall–Kier alpha value is 0. The van der Waals surface area contributed by atoms with Gasteiger partial charge in [-0.2, -0.15) is 0 Å². The zero-order valence-corrected chi connectivity index (χ0v) is 20.1. The second-order valence-electron chi connectivity index (χ2n) is 7.43. The lowest BCUT2D eigenvalue weighted by atomic mass is 10.0. The molecule has 156 valence electrons. The monoisotopic (exact) mass is 356 g/mol. The Morgan fingerprint density at radius 3 is 0.680 bits per heavy atom. The van der Waals surface area contributed by atoms with Gasteiger partial charge in [0.2, 0.25) is 0 Å². The van der Waals surface area contributed by atoms with Gasteiger partial charge >= 0.3 is 0 Å². The van der Waals surface area contributed by atoms with Crippen LogP contribution in [0.5, 0.6) is 0 Å². The first-order chi connectivity index (χ1) is 12.1. The highest BCUT2D eigenvalue weighted by atomic mass is 14.3. The van der Waals surface area contributed by atoms with E-state index in [2.05, 4.69) is 41.5 Å². The van der Waals surface area contributed by atoms with Gasteiger partial charge in [0.05, 0.1) is 0 Å². The average Bonchev–Trinajstić information content (AvgIpc) is 3.35. The van der Waals surface area contributed by atoms with Crippen LogP contribution in [0.25, 0.3) is 0 Å². The summed E-state index contributed by atoms with van der Waals surface area (Å²) in [6.07, 6.45) is 16.0. The normalized spacial score (nSPS) is 26.6. The molecule has 0 aromatic carbocycles. The SMILES string of the molecule is CC.CC.CCC.CCC1CCC(CC)C1.CCC1CCC(CC)C1. The molecule has 0 aromatic heterocycles. The smallest absolute Gasteiger partial charge is 0.0414 e. The lowest BCUT2D eigenvalue weighted by Gasteiger charge is -2.05. The summed E-state index contributed by atoms with van der Waals surface area (Å²) in [6.45, 7) is 21.5. The van der Waals surface area contributed by atoms with Gasteiger partial charge < -0.3 is 0 Å². The zero-order valence-electron chi connectivity index (χ0n) is 20.1. The number of hydrogen-bond acceptors (Lipinski definition) is 0. The van der Waals surface area contributed by atoms with Gasteiger partial charge in [-0.15, -0.1) is 0 Å². The van der Waals surface area contributed by atoms with Crippen molar-refractivity contribution in [3.63, 3.8) is 0 Å². The molecule has 0 nitrogen and oxygen atoms in total. The van der Waals surface area contributed by atoms with Crippen molar-refractivity contribution >= 4 is 0 Å². The third-order valence-electron chi connectivity index (χ3n) is 5.61. The molecule has 0 spiro atoms. The molecule has 0 aliphatic heterocycles. The third-order valence-corrected chi connectivity index (χ3v) is 5.61. The minimum Gasteiger partial charge on any atom is -0.0683 e. The molecule has 0 aromatic rings. The van der Waals surface area contributed by atoms with Gasteiger partial charge in [0, 0.05) is 0 Å². The molecule has 0 amide bonds. The first kappa shape index (κ1) is 29.8. The first-order valence-electron chi connectivity index (χ1n) is 12.1. The summed E-state index contributed by atoms with van der Waals surface area (Å²) in [7, 11) is 0. The predicted molar refractivity (Wildman–Crippen MR) is 121 cm³/mol. The molecule has 4 unspecified atom stereocenters. The molecule has 0 heterocycles. The summed E-state index contributed by atoms with van der Waals surface area (Å²) < 4.78 is 0. The summed E-state index contributed by atoms with van der Waals surface area (Å²) in [5.41, 5.74) is 0. The second-order valence-corrected chi connectivity index (χ2v) is 7.43. The van der Waals surface area contributed by atoms with E-state index in [-0.39, 0.29) is 0 Å². The minimum atomic E-state index is 1.08. The van der Waals surface area contributed by atoms with Gasteiger partial charge in [-0.1, -0.05) is 127 Å². The largest absolute Gasteiger partial charge is 0.0683 e. The number of hydrogen-bond donors (Lipinski definition) is 0. The molecule has 0 heteroatoms.